The monoisotopic (exact) mass is 335 g/mol. The molecule has 7 heteroatoms. The Morgan fingerprint density at radius 3 is 3.00 bits per heavy atom. The molecule has 0 saturated carbocycles. The summed E-state index contributed by atoms with van der Waals surface area (Å²) in [6, 6.07) is 3.21. The van der Waals surface area contributed by atoms with Crippen LogP contribution in [-0.4, -0.2) is 28.3 Å². The summed E-state index contributed by atoms with van der Waals surface area (Å²) in [5.74, 6) is 1.70. The van der Waals surface area contributed by atoms with Gasteiger partial charge in [0.05, 0.1) is 17.2 Å². The molecule has 2 aromatic rings. The van der Waals surface area contributed by atoms with Crippen LogP contribution in [-0.2, 0) is 17.0 Å². The second kappa shape index (κ2) is 6.70. The maximum Gasteiger partial charge on any atom is 0.237 e. The van der Waals surface area contributed by atoms with Crippen LogP contribution in [0, 0.1) is 19.7 Å². The minimum absolute atomic E-state index is 0.00938. The largest absolute Gasteiger partial charge is 0.340 e. The van der Waals surface area contributed by atoms with E-state index in [-0.39, 0.29) is 11.7 Å². The number of benzene rings is 1. The summed E-state index contributed by atoms with van der Waals surface area (Å²) in [5, 5.41) is 3.81. The summed E-state index contributed by atoms with van der Waals surface area (Å²) >= 11 is 1.44. The van der Waals surface area contributed by atoms with E-state index < -0.39 is 0 Å². The van der Waals surface area contributed by atoms with Crippen LogP contribution in [0.1, 0.15) is 29.3 Å². The average molecular weight is 335 g/mol. The molecule has 23 heavy (non-hydrogen) atoms. The van der Waals surface area contributed by atoms with Gasteiger partial charge < -0.3 is 9.42 Å². The third-order valence-electron chi connectivity index (χ3n) is 3.83. The van der Waals surface area contributed by atoms with Crippen molar-refractivity contribution in [1.82, 2.24) is 10.1 Å². The van der Waals surface area contributed by atoms with Crippen molar-refractivity contribution in [1.29, 1.82) is 0 Å². The number of thioether (sulfide) groups is 1. The first kappa shape index (κ1) is 16.0. The number of hydrogen-bond acceptors (Lipinski definition) is 5. The van der Waals surface area contributed by atoms with Gasteiger partial charge in [0.25, 0.3) is 0 Å². The van der Waals surface area contributed by atoms with Crippen molar-refractivity contribution >= 4 is 23.4 Å². The molecule has 0 aliphatic carbocycles. The van der Waals surface area contributed by atoms with Gasteiger partial charge in [-0.1, -0.05) is 11.2 Å². The van der Waals surface area contributed by atoms with Gasteiger partial charge in [0.15, 0.2) is 5.82 Å². The Hall–Kier alpha value is -1.89. The standard InChI is InChI=1S/C16H18FN3O2S/c1-10-5-6-13(17)12-4-3-7-20(16(10)12)15(21)9-23-8-14-18-11(2)22-19-14/h5-6H,3-4,7-9H2,1-2H3. The minimum Gasteiger partial charge on any atom is -0.340 e. The first-order chi connectivity index (χ1) is 11.1. The number of hydrogen-bond donors (Lipinski definition) is 0. The van der Waals surface area contributed by atoms with E-state index >= 15 is 0 Å². The molecule has 0 spiro atoms. The Kier molecular flexibility index (Phi) is 4.66. The molecule has 1 amide bonds. The van der Waals surface area contributed by atoms with Gasteiger partial charge in [-0.3, -0.25) is 4.79 Å². The smallest absolute Gasteiger partial charge is 0.237 e. The highest BCUT2D eigenvalue weighted by Gasteiger charge is 2.26. The lowest BCUT2D eigenvalue weighted by molar-refractivity contribution is -0.116. The van der Waals surface area contributed by atoms with Crippen LogP contribution in [0.3, 0.4) is 0 Å². The SMILES string of the molecule is Cc1nc(CSCC(=O)N2CCCc3c(F)ccc(C)c32)no1. The molecular formula is C16H18FN3O2S. The van der Waals surface area contributed by atoms with Crippen LogP contribution in [0.25, 0.3) is 0 Å². The number of carbonyl (C=O) groups excluding carboxylic acids is 1. The van der Waals surface area contributed by atoms with Crippen LogP contribution >= 0.6 is 11.8 Å². The Balaban J connectivity index is 1.68. The molecule has 0 fully saturated rings. The van der Waals surface area contributed by atoms with Gasteiger partial charge in [0, 0.05) is 19.0 Å². The molecule has 1 aliphatic rings. The predicted molar refractivity (Wildman–Crippen MR) is 87.0 cm³/mol. The third-order valence-corrected chi connectivity index (χ3v) is 4.75. The lowest BCUT2D eigenvalue weighted by atomic mass is 9.97. The maximum atomic E-state index is 14.0. The summed E-state index contributed by atoms with van der Waals surface area (Å²) in [5.41, 5.74) is 2.34. The van der Waals surface area contributed by atoms with E-state index in [1.54, 1.807) is 17.9 Å². The Labute approximate surface area is 138 Å². The molecule has 0 atom stereocenters. The number of halogens is 1. The quantitative estimate of drug-likeness (QED) is 0.859. The van der Waals surface area contributed by atoms with Crippen LogP contribution in [0.2, 0.25) is 0 Å². The summed E-state index contributed by atoms with van der Waals surface area (Å²) in [7, 11) is 0. The number of carbonyl (C=O) groups is 1. The van der Waals surface area contributed by atoms with Crippen LogP contribution < -0.4 is 4.90 Å². The number of anilines is 1. The van der Waals surface area contributed by atoms with E-state index in [1.807, 2.05) is 6.92 Å². The van der Waals surface area contributed by atoms with E-state index in [0.717, 1.165) is 17.7 Å². The van der Waals surface area contributed by atoms with Crippen molar-refractivity contribution in [3.8, 4) is 0 Å². The lowest BCUT2D eigenvalue weighted by Gasteiger charge is -2.31. The van der Waals surface area contributed by atoms with Crippen molar-refractivity contribution < 1.29 is 13.7 Å². The van der Waals surface area contributed by atoms with E-state index in [9.17, 15) is 9.18 Å². The van der Waals surface area contributed by atoms with Crippen LogP contribution in [0.4, 0.5) is 10.1 Å². The zero-order valence-electron chi connectivity index (χ0n) is 13.1. The topological polar surface area (TPSA) is 59.2 Å². The van der Waals surface area contributed by atoms with E-state index in [1.165, 1.54) is 17.8 Å². The van der Waals surface area contributed by atoms with Crippen LogP contribution in [0.15, 0.2) is 16.7 Å². The highest BCUT2D eigenvalue weighted by atomic mass is 32.2. The van der Waals surface area contributed by atoms with Gasteiger partial charge in [-0.2, -0.15) is 4.98 Å². The Morgan fingerprint density at radius 2 is 2.26 bits per heavy atom. The molecule has 1 aromatic carbocycles. The molecule has 0 unspecified atom stereocenters. The average Bonchev–Trinajstić information content (AvgIpc) is 2.96. The second-order valence-corrected chi connectivity index (χ2v) is 6.55. The molecule has 122 valence electrons. The summed E-state index contributed by atoms with van der Waals surface area (Å²) in [4.78, 5) is 18.4. The number of amides is 1. The molecule has 1 aliphatic heterocycles. The minimum atomic E-state index is -0.224. The molecule has 1 aromatic heterocycles. The fourth-order valence-corrected chi connectivity index (χ4v) is 3.56. The van der Waals surface area contributed by atoms with Crippen molar-refractivity contribution in [3.05, 3.63) is 40.8 Å². The van der Waals surface area contributed by atoms with Crippen molar-refractivity contribution in [2.24, 2.45) is 0 Å². The number of nitrogens with zero attached hydrogens (tertiary/aromatic N) is 3. The van der Waals surface area contributed by atoms with Gasteiger partial charge >= 0.3 is 0 Å². The van der Waals surface area contributed by atoms with E-state index in [0.29, 0.717) is 41.7 Å². The highest BCUT2D eigenvalue weighted by Crippen LogP contribution is 2.33. The van der Waals surface area contributed by atoms with Crippen LogP contribution in [0.5, 0.6) is 0 Å². The van der Waals surface area contributed by atoms with E-state index in [4.69, 9.17) is 4.52 Å². The first-order valence-electron chi connectivity index (χ1n) is 7.51. The molecular weight excluding hydrogens is 317 g/mol. The molecule has 0 bridgehead atoms. The number of fused-ring (bicyclic) bond motifs is 1. The van der Waals surface area contributed by atoms with Crippen molar-refractivity contribution in [2.45, 2.75) is 32.4 Å². The summed E-state index contributed by atoms with van der Waals surface area (Å²) in [6.07, 6.45) is 1.47. The molecule has 5 nitrogen and oxygen atoms in total. The fraction of sp³-hybridized carbons (Fsp3) is 0.438. The lowest BCUT2D eigenvalue weighted by Crippen LogP contribution is -2.37. The molecule has 3 rings (SSSR count). The second-order valence-electron chi connectivity index (χ2n) is 5.56. The molecule has 0 radical (unpaired) electrons. The van der Waals surface area contributed by atoms with Gasteiger partial charge in [0.2, 0.25) is 11.8 Å². The fourth-order valence-electron chi connectivity index (χ4n) is 2.83. The van der Waals surface area contributed by atoms with Gasteiger partial charge in [-0.25, -0.2) is 4.39 Å². The highest BCUT2D eigenvalue weighted by molar-refractivity contribution is 7.99. The zero-order valence-corrected chi connectivity index (χ0v) is 14.0. The van der Waals surface area contributed by atoms with Gasteiger partial charge in [-0.15, -0.1) is 11.8 Å². The zero-order chi connectivity index (χ0) is 16.4. The van der Waals surface area contributed by atoms with Gasteiger partial charge in [0.1, 0.15) is 5.82 Å². The third kappa shape index (κ3) is 3.39. The summed E-state index contributed by atoms with van der Waals surface area (Å²) in [6.45, 7) is 4.28. The van der Waals surface area contributed by atoms with Crippen molar-refractivity contribution in [2.75, 3.05) is 17.2 Å². The number of aromatic nitrogens is 2. The van der Waals surface area contributed by atoms with Crippen molar-refractivity contribution in [3.63, 3.8) is 0 Å². The Bertz CT molecular complexity index is 732. The molecule has 2 heterocycles. The predicted octanol–water partition coefficient (Wildman–Crippen LogP) is 3.04. The normalized spacial score (nSPS) is 14.0. The van der Waals surface area contributed by atoms with Gasteiger partial charge in [-0.05, 0) is 31.4 Å². The number of aryl methyl sites for hydroxylation is 2. The summed E-state index contributed by atoms with van der Waals surface area (Å²) < 4.78 is 18.9. The Morgan fingerprint density at radius 1 is 1.43 bits per heavy atom. The number of rotatable bonds is 4. The molecule has 0 N–H and O–H groups in total. The first-order valence-corrected chi connectivity index (χ1v) is 8.67. The van der Waals surface area contributed by atoms with E-state index in [2.05, 4.69) is 10.1 Å². The molecule has 0 saturated heterocycles. The maximum absolute atomic E-state index is 14.0.